The van der Waals surface area contributed by atoms with E-state index in [1.807, 2.05) is 32.0 Å². The predicted octanol–water partition coefficient (Wildman–Crippen LogP) is 3.40. The van der Waals surface area contributed by atoms with Crippen molar-refractivity contribution in [3.05, 3.63) is 92.1 Å². The summed E-state index contributed by atoms with van der Waals surface area (Å²) in [5.74, 6) is -0.361. The molecule has 0 atom stereocenters. The van der Waals surface area contributed by atoms with Crippen molar-refractivity contribution in [1.82, 2.24) is 14.5 Å². The average Bonchev–Trinajstić information content (AvgIpc) is 2.81. The molecule has 1 aliphatic heterocycles. The van der Waals surface area contributed by atoms with E-state index in [0.29, 0.717) is 17.8 Å². The van der Waals surface area contributed by atoms with Crippen LogP contribution in [0, 0.1) is 6.92 Å². The van der Waals surface area contributed by atoms with Crippen molar-refractivity contribution in [2.45, 2.75) is 45.7 Å². The number of nitrogens with one attached hydrogen (secondary N) is 1. The van der Waals surface area contributed by atoms with Gasteiger partial charge in [-0.2, -0.15) is 0 Å². The zero-order valence-electron chi connectivity index (χ0n) is 19.1. The van der Waals surface area contributed by atoms with Crippen molar-refractivity contribution in [3.63, 3.8) is 0 Å². The second-order valence-electron chi connectivity index (χ2n) is 8.50. The Labute approximate surface area is 193 Å². The van der Waals surface area contributed by atoms with Crippen LogP contribution in [0.25, 0.3) is 5.69 Å². The predicted molar refractivity (Wildman–Crippen MR) is 131 cm³/mol. The van der Waals surface area contributed by atoms with E-state index in [1.165, 1.54) is 5.56 Å². The Hall–Kier alpha value is -3.45. The molecule has 1 aliphatic rings. The lowest BCUT2D eigenvalue weighted by atomic mass is 10.0. The Balaban J connectivity index is 1.59. The van der Waals surface area contributed by atoms with Crippen LogP contribution in [0.2, 0.25) is 0 Å². The summed E-state index contributed by atoms with van der Waals surface area (Å²) in [4.78, 5) is 34.9. The minimum Gasteiger partial charge on any atom is -0.493 e. The van der Waals surface area contributed by atoms with Gasteiger partial charge in [0.25, 0.3) is 5.56 Å². The van der Waals surface area contributed by atoms with Gasteiger partial charge in [-0.25, -0.2) is 9.36 Å². The lowest BCUT2D eigenvalue weighted by molar-refractivity contribution is 0.206. The molecule has 7 heteroatoms. The van der Waals surface area contributed by atoms with E-state index in [2.05, 4.69) is 34.1 Å². The quantitative estimate of drug-likeness (QED) is 0.568. The lowest BCUT2D eigenvalue weighted by Crippen LogP contribution is -2.36. The summed E-state index contributed by atoms with van der Waals surface area (Å²) in [5.41, 5.74) is 1.97. The molecule has 0 aliphatic carbocycles. The van der Waals surface area contributed by atoms with Gasteiger partial charge in [-0.05, 0) is 43.4 Å². The Kier molecular flexibility index (Phi) is 6.89. The van der Waals surface area contributed by atoms with E-state index in [-0.39, 0.29) is 17.5 Å². The molecule has 7 nitrogen and oxygen atoms in total. The zero-order chi connectivity index (χ0) is 23.4. The molecule has 0 amide bonds. The molecule has 1 aromatic heterocycles. The molecule has 1 fully saturated rings. The summed E-state index contributed by atoms with van der Waals surface area (Å²) in [5, 5.41) is 11.0. The van der Waals surface area contributed by atoms with Gasteiger partial charge in [-0.3, -0.25) is 19.7 Å². The molecular weight excluding hydrogens is 416 g/mol. The molecule has 4 rings (SSSR count). The van der Waals surface area contributed by atoms with Crippen molar-refractivity contribution >= 4 is 5.71 Å². The van der Waals surface area contributed by atoms with Gasteiger partial charge in [0.15, 0.2) is 0 Å². The molecule has 1 saturated heterocycles. The number of H-pyrrole nitrogens is 1. The van der Waals surface area contributed by atoms with Crippen LogP contribution in [0.1, 0.15) is 42.9 Å². The fourth-order valence-electron chi connectivity index (χ4n) is 4.42. The largest absolute Gasteiger partial charge is 0.493 e. The number of aliphatic imine (C=N–C) groups is 1. The maximum Gasteiger partial charge on any atom is 0.335 e. The number of piperidine rings is 1. The summed E-state index contributed by atoms with van der Waals surface area (Å²) in [6.45, 7) is 6.52. The van der Waals surface area contributed by atoms with Gasteiger partial charge >= 0.3 is 5.69 Å². The van der Waals surface area contributed by atoms with E-state index in [4.69, 9.17) is 4.99 Å². The van der Waals surface area contributed by atoms with Crippen molar-refractivity contribution in [3.8, 4) is 11.6 Å². The van der Waals surface area contributed by atoms with Crippen LogP contribution < -0.4 is 11.2 Å². The third-order valence-corrected chi connectivity index (χ3v) is 6.21. The molecule has 0 bridgehead atoms. The van der Waals surface area contributed by atoms with Gasteiger partial charge in [0.1, 0.15) is 5.56 Å². The molecule has 2 N–H and O–H groups in total. The van der Waals surface area contributed by atoms with Crippen molar-refractivity contribution in [2.24, 2.45) is 4.99 Å². The molecule has 0 radical (unpaired) electrons. The van der Waals surface area contributed by atoms with Crippen molar-refractivity contribution < 1.29 is 5.11 Å². The first-order valence-corrected chi connectivity index (χ1v) is 11.5. The molecule has 3 aromatic rings. The topological polar surface area (TPSA) is 90.7 Å². The van der Waals surface area contributed by atoms with Gasteiger partial charge in [0, 0.05) is 19.6 Å². The number of para-hydroxylation sites is 1. The fraction of sp³-hybridized carbons (Fsp3) is 0.346. The number of likely N-dealkylation sites (tertiary alicyclic amines) is 1. The van der Waals surface area contributed by atoms with Crippen molar-refractivity contribution in [1.29, 1.82) is 0 Å². The highest BCUT2D eigenvalue weighted by molar-refractivity contribution is 6.02. The van der Waals surface area contributed by atoms with Gasteiger partial charge in [0.2, 0.25) is 5.88 Å². The highest BCUT2D eigenvalue weighted by atomic mass is 16.3. The first kappa shape index (κ1) is 22.7. The molecule has 33 heavy (non-hydrogen) atoms. The maximum atomic E-state index is 12.7. The van der Waals surface area contributed by atoms with E-state index < -0.39 is 11.2 Å². The van der Waals surface area contributed by atoms with Crippen LogP contribution in [0.5, 0.6) is 5.88 Å². The number of hydrogen-bond donors (Lipinski definition) is 2. The van der Waals surface area contributed by atoms with Crippen LogP contribution in [-0.2, 0) is 6.54 Å². The van der Waals surface area contributed by atoms with Crippen LogP contribution in [0.4, 0.5) is 0 Å². The first-order valence-electron chi connectivity index (χ1n) is 11.5. The molecule has 172 valence electrons. The Morgan fingerprint density at radius 3 is 2.39 bits per heavy atom. The van der Waals surface area contributed by atoms with E-state index in [9.17, 15) is 14.7 Å². The Bertz CT molecular complexity index is 1250. The van der Waals surface area contributed by atoms with E-state index in [0.717, 1.165) is 42.6 Å². The minimum atomic E-state index is -0.666. The molecular formula is C26H30N4O3. The minimum absolute atomic E-state index is 0.0737. The Morgan fingerprint density at radius 1 is 1.06 bits per heavy atom. The fourth-order valence-corrected chi connectivity index (χ4v) is 4.42. The molecule has 0 saturated carbocycles. The van der Waals surface area contributed by atoms with E-state index in [1.54, 1.807) is 12.1 Å². The summed E-state index contributed by atoms with van der Waals surface area (Å²) in [6.07, 6.45) is 2.24. The second-order valence-corrected chi connectivity index (χ2v) is 8.50. The number of rotatable bonds is 6. The SMILES string of the molecule is CCC(=NC1CCN(Cc2ccccc2)CC1)c1c(O)n(-c2ccccc2C)c(=O)[nH]c1=O. The van der Waals surface area contributed by atoms with Gasteiger partial charge in [-0.15, -0.1) is 0 Å². The molecule has 0 unspecified atom stereocenters. The summed E-state index contributed by atoms with van der Waals surface area (Å²) in [7, 11) is 0. The number of nitrogens with zero attached hydrogens (tertiary/aromatic N) is 3. The van der Waals surface area contributed by atoms with Crippen molar-refractivity contribution in [2.75, 3.05) is 13.1 Å². The monoisotopic (exact) mass is 446 g/mol. The normalized spacial score (nSPS) is 15.6. The highest BCUT2D eigenvalue weighted by Gasteiger charge is 2.23. The summed E-state index contributed by atoms with van der Waals surface area (Å²) >= 11 is 0. The molecule has 2 aromatic carbocycles. The smallest absolute Gasteiger partial charge is 0.335 e. The standard InChI is InChI=1S/C26H30N4O3/c1-3-21(27-20-13-15-29(16-14-20)17-19-10-5-4-6-11-19)23-24(31)28-26(33)30(25(23)32)22-12-8-7-9-18(22)2/h4-12,20,32H,3,13-17H2,1-2H3,(H,28,31,33). The lowest BCUT2D eigenvalue weighted by Gasteiger charge is -2.30. The van der Waals surface area contributed by atoms with Crippen LogP contribution in [0.15, 0.2) is 69.2 Å². The second kappa shape index (κ2) is 10.0. The third kappa shape index (κ3) is 4.98. The number of hydrogen-bond acceptors (Lipinski definition) is 5. The summed E-state index contributed by atoms with van der Waals surface area (Å²) in [6, 6.07) is 17.7. The van der Waals surface area contributed by atoms with Crippen LogP contribution in [0.3, 0.4) is 0 Å². The zero-order valence-corrected chi connectivity index (χ0v) is 19.1. The molecule has 0 spiro atoms. The number of aromatic amines is 1. The number of aryl methyl sites for hydroxylation is 1. The number of aromatic hydroxyl groups is 1. The third-order valence-electron chi connectivity index (χ3n) is 6.21. The summed E-state index contributed by atoms with van der Waals surface area (Å²) < 4.78 is 1.15. The molecule has 2 heterocycles. The average molecular weight is 447 g/mol. The number of benzene rings is 2. The highest BCUT2D eigenvalue weighted by Crippen LogP contribution is 2.23. The van der Waals surface area contributed by atoms with Gasteiger partial charge in [-0.1, -0.05) is 55.5 Å². The first-order chi connectivity index (χ1) is 16.0. The van der Waals surface area contributed by atoms with Crippen LogP contribution >= 0.6 is 0 Å². The Morgan fingerprint density at radius 2 is 1.73 bits per heavy atom. The number of aromatic nitrogens is 2. The van der Waals surface area contributed by atoms with Gasteiger partial charge in [0.05, 0.1) is 17.4 Å². The van der Waals surface area contributed by atoms with E-state index >= 15 is 0 Å². The van der Waals surface area contributed by atoms with Gasteiger partial charge < -0.3 is 5.11 Å². The van der Waals surface area contributed by atoms with Crippen LogP contribution in [-0.4, -0.2) is 44.4 Å². The maximum absolute atomic E-state index is 12.7.